The van der Waals surface area contributed by atoms with Crippen LogP contribution < -0.4 is 10.2 Å². The molecule has 2 aromatic carbocycles. The largest absolute Gasteiger partial charge is 0.508 e. The van der Waals surface area contributed by atoms with Crippen LogP contribution in [0.4, 0.5) is 0 Å². The first kappa shape index (κ1) is 31.1. The van der Waals surface area contributed by atoms with E-state index in [2.05, 4.69) is 0 Å². The van der Waals surface area contributed by atoms with Crippen molar-refractivity contribution in [3.8, 4) is 28.6 Å². The van der Waals surface area contributed by atoms with E-state index in [4.69, 9.17) is 23.4 Å². The molecular weight excluding hydrogens is 596 g/mol. The predicted octanol–water partition coefficient (Wildman–Crippen LogP) is -1.94. The lowest BCUT2D eigenvalue weighted by molar-refractivity contribution is -0.350. The molecule has 236 valence electrons. The van der Waals surface area contributed by atoms with Crippen molar-refractivity contribution in [1.82, 2.24) is 0 Å². The van der Waals surface area contributed by atoms with Gasteiger partial charge in [0.2, 0.25) is 6.29 Å². The number of phenolic OH excluding ortho intramolecular Hbond substituents is 2. The third-order valence-electron chi connectivity index (χ3n) is 7.08. The van der Waals surface area contributed by atoms with Crippen molar-refractivity contribution in [2.75, 3.05) is 0 Å². The topological polar surface area (TPSA) is 283 Å². The fraction of sp³-hybridized carbons (Fsp3) is 0.370. The summed E-state index contributed by atoms with van der Waals surface area (Å²) in [4.78, 5) is 36.0. The second-order valence-electron chi connectivity index (χ2n) is 10.0. The number of carboxylic acids is 2. The molecule has 2 saturated heterocycles. The molecule has 2 aliphatic heterocycles. The highest BCUT2D eigenvalue weighted by Gasteiger charge is 2.54. The number of benzene rings is 2. The Morgan fingerprint density at radius 1 is 0.727 bits per heavy atom. The highest BCUT2D eigenvalue weighted by molar-refractivity contribution is 5.86. The van der Waals surface area contributed by atoms with Crippen molar-refractivity contribution in [2.24, 2.45) is 0 Å². The van der Waals surface area contributed by atoms with Crippen LogP contribution >= 0.6 is 0 Å². The van der Waals surface area contributed by atoms with Crippen LogP contribution in [0, 0.1) is 0 Å². The maximum Gasteiger partial charge on any atom is 0.335 e. The zero-order valence-corrected chi connectivity index (χ0v) is 22.1. The number of hydrogen-bond acceptors (Lipinski definition) is 15. The molecule has 6 unspecified atom stereocenters. The Labute approximate surface area is 244 Å². The number of phenols is 2. The summed E-state index contributed by atoms with van der Waals surface area (Å²) >= 11 is 0. The number of rotatable bonds is 7. The molecule has 0 bridgehead atoms. The summed E-state index contributed by atoms with van der Waals surface area (Å²) in [5.41, 5.74) is -0.488. The van der Waals surface area contributed by atoms with Gasteiger partial charge in [-0.25, -0.2) is 9.59 Å². The Morgan fingerprint density at radius 2 is 1.32 bits per heavy atom. The van der Waals surface area contributed by atoms with Crippen molar-refractivity contribution in [2.45, 2.75) is 61.4 Å². The van der Waals surface area contributed by atoms with Crippen molar-refractivity contribution in [3.63, 3.8) is 0 Å². The molecule has 0 amide bonds. The molecule has 17 nitrogen and oxygen atoms in total. The molecule has 0 saturated carbocycles. The molecule has 10 atom stereocenters. The van der Waals surface area contributed by atoms with Gasteiger partial charge in [-0.05, 0) is 24.3 Å². The van der Waals surface area contributed by atoms with Gasteiger partial charge in [-0.2, -0.15) is 0 Å². The second kappa shape index (κ2) is 12.0. The van der Waals surface area contributed by atoms with Crippen molar-refractivity contribution >= 4 is 22.9 Å². The first-order valence-corrected chi connectivity index (χ1v) is 12.9. The summed E-state index contributed by atoms with van der Waals surface area (Å²) in [6.45, 7) is 0. The highest BCUT2D eigenvalue weighted by Crippen LogP contribution is 2.35. The molecule has 0 aliphatic carbocycles. The number of carbonyl (C=O) groups is 2. The fourth-order valence-electron chi connectivity index (χ4n) is 4.81. The van der Waals surface area contributed by atoms with Crippen molar-refractivity contribution in [1.29, 1.82) is 0 Å². The lowest BCUT2D eigenvalue weighted by Crippen LogP contribution is -2.66. The van der Waals surface area contributed by atoms with Gasteiger partial charge < -0.3 is 69.3 Å². The molecule has 1 aromatic heterocycles. The number of ether oxygens (including phenoxy) is 4. The summed E-state index contributed by atoms with van der Waals surface area (Å²) in [7, 11) is 0. The monoisotopic (exact) mass is 622 g/mol. The van der Waals surface area contributed by atoms with E-state index in [9.17, 15) is 60.3 Å². The Kier molecular flexibility index (Phi) is 8.47. The molecule has 5 rings (SSSR count). The normalized spacial score (nSPS) is 32.3. The minimum atomic E-state index is -2.15. The first-order chi connectivity index (χ1) is 20.8. The van der Waals surface area contributed by atoms with E-state index in [-0.39, 0.29) is 28.2 Å². The van der Waals surface area contributed by atoms with Crippen molar-refractivity contribution in [3.05, 3.63) is 52.7 Å². The fourth-order valence-corrected chi connectivity index (χ4v) is 4.81. The maximum atomic E-state index is 12.8. The average Bonchev–Trinajstić information content (AvgIpc) is 2.96. The minimum absolute atomic E-state index is 0.0378. The van der Waals surface area contributed by atoms with Crippen molar-refractivity contribution < 1.29 is 78.9 Å². The molecule has 44 heavy (non-hydrogen) atoms. The van der Waals surface area contributed by atoms with Crippen LogP contribution in [-0.4, -0.2) is 119 Å². The third kappa shape index (κ3) is 5.77. The number of aliphatic hydroxyl groups excluding tert-OH is 5. The molecule has 2 aliphatic rings. The van der Waals surface area contributed by atoms with Gasteiger partial charge in [0.1, 0.15) is 64.5 Å². The summed E-state index contributed by atoms with van der Waals surface area (Å²) in [5, 5.41) is 90.3. The van der Waals surface area contributed by atoms with Crippen LogP contribution in [0.1, 0.15) is 0 Å². The van der Waals surface area contributed by atoms with Gasteiger partial charge in [0.05, 0.1) is 0 Å². The summed E-state index contributed by atoms with van der Waals surface area (Å²) in [6.07, 6.45) is -20.8. The quantitative estimate of drug-likeness (QED) is 0.138. The predicted molar refractivity (Wildman–Crippen MR) is 139 cm³/mol. The minimum Gasteiger partial charge on any atom is -0.508 e. The molecule has 0 spiro atoms. The third-order valence-corrected chi connectivity index (χ3v) is 7.08. The zero-order chi connectivity index (χ0) is 32.0. The second-order valence-corrected chi connectivity index (χ2v) is 10.0. The Hall–Kier alpha value is -4.33. The van der Waals surface area contributed by atoms with Crippen LogP contribution in [0.25, 0.3) is 22.3 Å². The molecule has 9 N–H and O–H groups in total. The first-order valence-electron chi connectivity index (χ1n) is 12.9. The van der Waals surface area contributed by atoms with Crippen LogP contribution in [0.5, 0.6) is 17.2 Å². The highest BCUT2D eigenvalue weighted by atomic mass is 16.8. The Balaban J connectivity index is 1.50. The van der Waals surface area contributed by atoms with E-state index < -0.39 is 84.5 Å². The summed E-state index contributed by atoms with van der Waals surface area (Å²) < 4.78 is 27.2. The van der Waals surface area contributed by atoms with Gasteiger partial charge in [0, 0.05) is 23.8 Å². The van der Waals surface area contributed by atoms with E-state index >= 15 is 0 Å². The molecule has 17 heteroatoms. The van der Waals surface area contributed by atoms with Gasteiger partial charge in [0.25, 0.3) is 0 Å². The number of carboxylic acid groups (broad SMARTS) is 2. The zero-order valence-electron chi connectivity index (χ0n) is 22.1. The Morgan fingerprint density at radius 3 is 1.93 bits per heavy atom. The molecule has 0 radical (unpaired) electrons. The summed E-state index contributed by atoms with van der Waals surface area (Å²) in [5.74, 6) is -4.45. The number of aromatic hydroxyl groups is 2. The lowest BCUT2D eigenvalue weighted by atomic mass is 9.97. The number of aliphatic hydroxyl groups is 5. The number of aliphatic carboxylic acids is 2. The Bertz CT molecular complexity index is 1600. The number of fused-ring (bicyclic) bond motifs is 1. The van der Waals surface area contributed by atoms with Gasteiger partial charge in [-0.3, -0.25) is 4.79 Å². The SMILES string of the molecule is O=C(O)C1O[C@@H](OC2C(O)[C@H](O)C(C(=O)O)O[C@H]2Oc2cc(O)c3c(=O)cc(-c4ccc(O)cc4)oc3c2)C(O)C(O)[C@@H]1O. The van der Waals surface area contributed by atoms with E-state index in [1.54, 1.807) is 0 Å². The van der Waals surface area contributed by atoms with Crippen LogP contribution in [0.3, 0.4) is 0 Å². The molecule has 3 aromatic rings. The van der Waals surface area contributed by atoms with Gasteiger partial charge in [0.15, 0.2) is 30.0 Å². The smallest absolute Gasteiger partial charge is 0.335 e. The van der Waals surface area contributed by atoms with E-state index in [0.29, 0.717) is 5.56 Å². The van der Waals surface area contributed by atoms with E-state index in [1.807, 2.05) is 0 Å². The van der Waals surface area contributed by atoms with E-state index in [1.165, 1.54) is 24.3 Å². The van der Waals surface area contributed by atoms with Crippen LogP contribution in [0.2, 0.25) is 0 Å². The molecular formula is C27H26O17. The van der Waals surface area contributed by atoms with Gasteiger partial charge in [-0.1, -0.05) is 0 Å². The van der Waals surface area contributed by atoms with Gasteiger partial charge in [-0.15, -0.1) is 0 Å². The molecule has 2 fully saturated rings. The van der Waals surface area contributed by atoms with Gasteiger partial charge >= 0.3 is 11.9 Å². The number of hydrogen-bond donors (Lipinski definition) is 9. The standard InChI is InChI=1S/C27H26O17/c28-9-3-1-8(2-4-9)13-7-12(30)15-11(29)5-10(6-14(15)41-13)40-27-23(19(34)18(33)22(43-27)25(38)39)44-26-20(35)16(31)17(32)21(42-26)24(36)37/h1-7,16-23,26-29,31-35H,(H,36,37)(H,38,39)/t16?,17-,18-,19?,20?,21?,22?,23?,26-,27+/m0/s1. The maximum absolute atomic E-state index is 12.8. The van der Waals surface area contributed by atoms with Crippen LogP contribution in [-0.2, 0) is 23.8 Å². The van der Waals surface area contributed by atoms with E-state index in [0.717, 1.165) is 18.2 Å². The lowest BCUT2D eigenvalue weighted by Gasteiger charge is -2.44. The summed E-state index contributed by atoms with van der Waals surface area (Å²) in [6, 6.07) is 8.76. The van der Waals surface area contributed by atoms with Crippen LogP contribution in [0.15, 0.2) is 51.7 Å². The molecule has 3 heterocycles. The average molecular weight is 622 g/mol.